The number of rotatable bonds is 2. The molecule has 0 radical (unpaired) electrons. The van der Waals surface area contributed by atoms with Crippen molar-refractivity contribution in [2.45, 2.75) is 11.4 Å². The van der Waals surface area contributed by atoms with E-state index in [0.717, 1.165) is 5.03 Å². The Balaban J connectivity index is 2.84. The van der Waals surface area contributed by atoms with E-state index < -0.39 is 0 Å². The summed E-state index contributed by atoms with van der Waals surface area (Å²) >= 11 is 1.55. The van der Waals surface area contributed by atoms with Gasteiger partial charge in [-0.1, -0.05) is 0 Å². The fraction of sp³-hybridized carbons (Fsp3) is 0.286. The first-order valence-electron chi connectivity index (χ1n) is 3.09. The molecule has 1 heterocycles. The standard InChI is InChI=1S/C7H7N3S/c1-11-7-3-5-9-6(10-7)2-4-8/h3,5H,2H2,1H3. The largest absolute Gasteiger partial charge is 0.240 e. The molecule has 0 saturated carbocycles. The molecule has 1 rings (SSSR count). The summed E-state index contributed by atoms with van der Waals surface area (Å²) in [5.74, 6) is 0.597. The van der Waals surface area contributed by atoms with Crippen LogP contribution in [-0.2, 0) is 6.42 Å². The van der Waals surface area contributed by atoms with Gasteiger partial charge in [0.15, 0.2) is 0 Å². The molecule has 3 nitrogen and oxygen atoms in total. The normalized spacial score (nSPS) is 9.09. The van der Waals surface area contributed by atoms with E-state index >= 15 is 0 Å². The summed E-state index contributed by atoms with van der Waals surface area (Å²) in [5.41, 5.74) is 0. The Kier molecular flexibility index (Phi) is 2.87. The predicted octanol–water partition coefficient (Wildman–Crippen LogP) is 1.26. The Labute approximate surface area is 69.5 Å². The Morgan fingerprint density at radius 3 is 3.18 bits per heavy atom. The SMILES string of the molecule is CSc1ccnc(CC#N)n1. The summed E-state index contributed by atoms with van der Waals surface area (Å²) < 4.78 is 0. The van der Waals surface area contributed by atoms with E-state index in [-0.39, 0.29) is 6.42 Å². The fourth-order valence-corrected chi connectivity index (χ4v) is 1.04. The van der Waals surface area contributed by atoms with Gasteiger partial charge in [0.1, 0.15) is 5.82 Å². The molecule has 0 atom stereocenters. The lowest BCUT2D eigenvalue weighted by atomic mass is 10.4. The van der Waals surface area contributed by atoms with Crippen molar-refractivity contribution < 1.29 is 0 Å². The molecule has 1 aromatic rings. The Morgan fingerprint density at radius 1 is 1.73 bits per heavy atom. The number of nitrogens with zero attached hydrogens (tertiary/aromatic N) is 3. The van der Waals surface area contributed by atoms with Crippen molar-refractivity contribution >= 4 is 11.8 Å². The highest BCUT2D eigenvalue weighted by molar-refractivity contribution is 7.98. The third kappa shape index (κ3) is 2.20. The molecule has 1 aromatic heterocycles. The summed E-state index contributed by atoms with van der Waals surface area (Å²) in [6.07, 6.45) is 3.90. The van der Waals surface area contributed by atoms with Crippen LogP contribution in [0.3, 0.4) is 0 Å². The molecule has 0 saturated heterocycles. The second-order valence-corrected chi connectivity index (χ2v) is 2.68. The van der Waals surface area contributed by atoms with Gasteiger partial charge in [-0.05, 0) is 12.3 Å². The van der Waals surface area contributed by atoms with Gasteiger partial charge in [0.05, 0.1) is 17.5 Å². The Morgan fingerprint density at radius 2 is 2.55 bits per heavy atom. The van der Waals surface area contributed by atoms with E-state index in [1.165, 1.54) is 0 Å². The smallest absolute Gasteiger partial charge is 0.143 e. The fourth-order valence-electron chi connectivity index (χ4n) is 0.650. The lowest BCUT2D eigenvalue weighted by Gasteiger charge is -1.95. The van der Waals surface area contributed by atoms with Gasteiger partial charge in [-0.3, -0.25) is 0 Å². The molecule has 4 heteroatoms. The maximum atomic E-state index is 8.35. The van der Waals surface area contributed by atoms with E-state index in [9.17, 15) is 0 Å². The highest BCUT2D eigenvalue weighted by atomic mass is 32.2. The van der Waals surface area contributed by atoms with Crippen LogP contribution in [-0.4, -0.2) is 16.2 Å². The lowest BCUT2D eigenvalue weighted by molar-refractivity contribution is 0.929. The lowest BCUT2D eigenvalue weighted by Crippen LogP contribution is -1.92. The predicted molar refractivity (Wildman–Crippen MR) is 43.1 cm³/mol. The minimum atomic E-state index is 0.286. The van der Waals surface area contributed by atoms with Crippen LogP contribution in [0, 0.1) is 11.3 Å². The average molecular weight is 165 g/mol. The van der Waals surface area contributed by atoms with E-state index in [1.807, 2.05) is 18.4 Å². The van der Waals surface area contributed by atoms with Gasteiger partial charge >= 0.3 is 0 Å². The number of nitriles is 1. The first kappa shape index (κ1) is 8.02. The molecule has 56 valence electrons. The first-order valence-corrected chi connectivity index (χ1v) is 4.32. The van der Waals surface area contributed by atoms with E-state index in [0.29, 0.717) is 5.82 Å². The van der Waals surface area contributed by atoms with E-state index in [4.69, 9.17) is 5.26 Å². The van der Waals surface area contributed by atoms with Crippen molar-refractivity contribution in [2.75, 3.05) is 6.26 Å². The van der Waals surface area contributed by atoms with Crippen LogP contribution in [0.2, 0.25) is 0 Å². The topological polar surface area (TPSA) is 49.6 Å². The van der Waals surface area contributed by atoms with Crippen LogP contribution in [0.15, 0.2) is 17.3 Å². The zero-order chi connectivity index (χ0) is 8.10. The molecule has 0 fully saturated rings. The van der Waals surface area contributed by atoms with Gasteiger partial charge < -0.3 is 0 Å². The number of hydrogen-bond donors (Lipinski definition) is 0. The van der Waals surface area contributed by atoms with Crippen molar-refractivity contribution in [2.24, 2.45) is 0 Å². The van der Waals surface area contributed by atoms with Crippen molar-refractivity contribution in [1.82, 2.24) is 9.97 Å². The second-order valence-electron chi connectivity index (χ2n) is 1.85. The zero-order valence-electron chi connectivity index (χ0n) is 6.11. The molecule has 0 unspecified atom stereocenters. The summed E-state index contributed by atoms with van der Waals surface area (Å²) in [4.78, 5) is 8.04. The van der Waals surface area contributed by atoms with E-state index in [2.05, 4.69) is 9.97 Å². The maximum absolute atomic E-state index is 8.35. The molecule has 0 aliphatic heterocycles. The van der Waals surface area contributed by atoms with Crippen LogP contribution >= 0.6 is 11.8 Å². The third-order valence-corrected chi connectivity index (χ3v) is 1.77. The number of thioether (sulfide) groups is 1. The minimum absolute atomic E-state index is 0.286. The monoisotopic (exact) mass is 165 g/mol. The molecular formula is C7H7N3S. The van der Waals surface area contributed by atoms with Gasteiger partial charge in [-0.15, -0.1) is 11.8 Å². The van der Waals surface area contributed by atoms with Crippen LogP contribution in [0.1, 0.15) is 5.82 Å². The van der Waals surface area contributed by atoms with Crippen molar-refractivity contribution in [3.05, 3.63) is 18.1 Å². The summed E-state index contributed by atoms with van der Waals surface area (Å²) in [5, 5.41) is 9.25. The summed E-state index contributed by atoms with van der Waals surface area (Å²) in [6.45, 7) is 0. The van der Waals surface area contributed by atoms with Crippen LogP contribution in [0.4, 0.5) is 0 Å². The average Bonchev–Trinajstić information content (AvgIpc) is 2.06. The van der Waals surface area contributed by atoms with Gasteiger partial charge in [0, 0.05) is 6.20 Å². The van der Waals surface area contributed by atoms with Crippen LogP contribution in [0.5, 0.6) is 0 Å². The summed E-state index contributed by atoms with van der Waals surface area (Å²) in [7, 11) is 0. The zero-order valence-corrected chi connectivity index (χ0v) is 6.93. The van der Waals surface area contributed by atoms with Crippen molar-refractivity contribution in [1.29, 1.82) is 5.26 Å². The molecule has 11 heavy (non-hydrogen) atoms. The van der Waals surface area contributed by atoms with Crippen LogP contribution in [0.25, 0.3) is 0 Å². The molecule has 0 spiro atoms. The molecule has 0 bridgehead atoms. The van der Waals surface area contributed by atoms with Crippen LogP contribution < -0.4 is 0 Å². The molecule has 0 aliphatic carbocycles. The Bertz CT molecular complexity index is 279. The molecular weight excluding hydrogens is 158 g/mol. The van der Waals surface area contributed by atoms with E-state index in [1.54, 1.807) is 18.0 Å². The molecule has 0 aliphatic rings. The molecule has 0 N–H and O–H groups in total. The summed E-state index contributed by atoms with van der Waals surface area (Å²) in [6, 6.07) is 3.83. The third-order valence-electron chi connectivity index (χ3n) is 1.13. The van der Waals surface area contributed by atoms with Gasteiger partial charge in [-0.2, -0.15) is 5.26 Å². The van der Waals surface area contributed by atoms with Crippen molar-refractivity contribution in [3.8, 4) is 6.07 Å². The maximum Gasteiger partial charge on any atom is 0.143 e. The number of aromatic nitrogens is 2. The second kappa shape index (κ2) is 3.94. The quantitative estimate of drug-likeness (QED) is 0.489. The Hall–Kier alpha value is -1.08. The van der Waals surface area contributed by atoms with Crippen molar-refractivity contribution in [3.63, 3.8) is 0 Å². The van der Waals surface area contributed by atoms with Gasteiger partial charge in [-0.25, -0.2) is 9.97 Å². The minimum Gasteiger partial charge on any atom is -0.240 e. The first-order chi connectivity index (χ1) is 5.36. The van der Waals surface area contributed by atoms with Gasteiger partial charge in [0.25, 0.3) is 0 Å². The highest BCUT2D eigenvalue weighted by Gasteiger charge is 1.95. The molecule has 0 amide bonds. The number of hydrogen-bond acceptors (Lipinski definition) is 4. The highest BCUT2D eigenvalue weighted by Crippen LogP contribution is 2.09. The van der Waals surface area contributed by atoms with Gasteiger partial charge in [0.2, 0.25) is 0 Å². The molecule has 0 aromatic carbocycles.